The fourth-order valence-electron chi connectivity index (χ4n) is 4.04. The smallest absolute Gasteiger partial charge is 0.254 e. The molecule has 29 heavy (non-hydrogen) atoms. The van der Waals surface area contributed by atoms with Gasteiger partial charge in [0.15, 0.2) is 0 Å². The van der Waals surface area contributed by atoms with Crippen molar-refractivity contribution in [3.05, 3.63) is 35.1 Å². The van der Waals surface area contributed by atoms with Crippen LogP contribution in [0.15, 0.2) is 18.2 Å². The van der Waals surface area contributed by atoms with Crippen LogP contribution in [0.1, 0.15) is 48.5 Å². The van der Waals surface area contributed by atoms with E-state index in [1.165, 1.54) is 6.07 Å². The number of carbonyl (C=O) groups is 3. The topological polar surface area (TPSA) is 60.9 Å². The van der Waals surface area contributed by atoms with Crippen LogP contribution in [0.25, 0.3) is 0 Å². The van der Waals surface area contributed by atoms with Crippen LogP contribution in [-0.2, 0) is 9.59 Å². The first-order valence-electron chi connectivity index (χ1n) is 10.5. The predicted molar refractivity (Wildman–Crippen MR) is 108 cm³/mol. The number of benzene rings is 1. The van der Waals surface area contributed by atoms with Crippen LogP contribution < -0.4 is 0 Å². The van der Waals surface area contributed by atoms with Gasteiger partial charge in [-0.1, -0.05) is 13.0 Å². The van der Waals surface area contributed by atoms with Crippen molar-refractivity contribution in [3.63, 3.8) is 0 Å². The Morgan fingerprint density at radius 3 is 2.17 bits per heavy atom. The van der Waals surface area contributed by atoms with Crippen molar-refractivity contribution in [3.8, 4) is 0 Å². The summed E-state index contributed by atoms with van der Waals surface area (Å²) in [6.45, 7) is 6.84. The molecule has 0 atom stereocenters. The molecule has 0 unspecified atom stereocenters. The van der Waals surface area contributed by atoms with E-state index in [-0.39, 0.29) is 29.5 Å². The minimum absolute atomic E-state index is 0.0471. The Kier molecular flexibility index (Phi) is 6.87. The van der Waals surface area contributed by atoms with Crippen LogP contribution in [0.2, 0.25) is 0 Å². The summed E-state index contributed by atoms with van der Waals surface area (Å²) < 4.78 is 13.8. The molecule has 2 saturated heterocycles. The molecule has 0 spiro atoms. The van der Waals surface area contributed by atoms with Gasteiger partial charge < -0.3 is 14.7 Å². The Balaban J connectivity index is 1.49. The van der Waals surface area contributed by atoms with E-state index in [1.807, 2.05) is 16.7 Å². The number of amides is 3. The highest BCUT2D eigenvalue weighted by Crippen LogP contribution is 2.22. The van der Waals surface area contributed by atoms with E-state index in [0.717, 1.165) is 6.42 Å². The largest absolute Gasteiger partial charge is 0.343 e. The molecule has 2 heterocycles. The third-order valence-electron chi connectivity index (χ3n) is 5.96. The number of likely N-dealkylation sites (tertiary alicyclic amines) is 1. The molecule has 3 rings (SSSR count). The SMILES string of the molecule is CCCC(=O)N1CCC(C(=O)N2CCN(C(=O)c3ccc(C)c(F)c3)CC2)CC1. The van der Waals surface area contributed by atoms with Gasteiger partial charge in [0.05, 0.1) is 0 Å². The van der Waals surface area contributed by atoms with Gasteiger partial charge in [0.25, 0.3) is 5.91 Å². The zero-order chi connectivity index (χ0) is 21.0. The molecule has 7 heteroatoms. The first-order valence-corrected chi connectivity index (χ1v) is 10.5. The van der Waals surface area contributed by atoms with Crippen molar-refractivity contribution in [2.24, 2.45) is 5.92 Å². The molecule has 0 bridgehead atoms. The standard InChI is InChI=1S/C22H30FN3O3/c1-3-4-20(27)24-9-7-17(8-10-24)21(28)25-11-13-26(14-12-25)22(29)18-6-5-16(2)19(23)15-18/h5-6,15,17H,3-4,7-14H2,1-2H3. The maximum absolute atomic E-state index is 13.8. The average molecular weight is 403 g/mol. The first-order chi connectivity index (χ1) is 13.9. The zero-order valence-electron chi connectivity index (χ0n) is 17.3. The number of piperazine rings is 1. The second-order valence-electron chi connectivity index (χ2n) is 7.99. The van der Waals surface area contributed by atoms with Gasteiger partial charge in [-0.3, -0.25) is 14.4 Å². The number of aryl methyl sites for hydroxylation is 1. The zero-order valence-corrected chi connectivity index (χ0v) is 17.3. The molecule has 1 aromatic rings. The second kappa shape index (κ2) is 9.37. The summed E-state index contributed by atoms with van der Waals surface area (Å²) in [5, 5.41) is 0. The van der Waals surface area contributed by atoms with Crippen molar-refractivity contribution < 1.29 is 18.8 Å². The normalized spacial score (nSPS) is 18.1. The summed E-state index contributed by atoms with van der Waals surface area (Å²) in [5.41, 5.74) is 0.858. The Hall–Kier alpha value is -2.44. The summed E-state index contributed by atoms with van der Waals surface area (Å²) >= 11 is 0. The van der Waals surface area contributed by atoms with Crippen LogP contribution in [-0.4, -0.2) is 71.7 Å². The summed E-state index contributed by atoms with van der Waals surface area (Å²) in [5.74, 6) is -0.319. The highest BCUT2D eigenvalue weighted by atomic mass is 19.1. The van der Waals surface area contributed by atoms with E-state index in [4.69, 9.17) is 0 Å². The number of carbonyl (C=O) groups excluding carboxylic acids is 3. The lowest BCUT2D eigenvalue weighted by Crippen LogP contribution is -2.53. The van der Waals surface area contributed by atoms with Crippen LogP contribution >= 0.6 is 0 Å². The molecule has 0 aliphatic carbocycles. The molecule has 158 valence electrons. The van der Waals surface area contributed by atoms with Crippen molar-refractivity contribution >= 4 is 17.7 Å². The summed E-state index contributed by atoms with van der Waals surface area (Å²) in [6, 6.07) is 4.54. The first kappa shape index (κ1) is 21.3. The molecule has 2 fully saturated rings. The van der Waals surface area contributed by atoms with E-state index in [0.29, 0.717) is 69.7 Å². The van der Waals surface area contributed by atoms with Gasteiger partial charge in [-0.2, -0.15) is 0 Å². The maximum atomic E-state index is 13.8. The monoisotopic (exact) mass is 403 g/mol. The van der Waals surface area contributed by atoms with Gasteiger partial charge in [-0.05, 0) is 43.9 Å². The third-order valence-corrected chi connectivity index (χ3v) is 5.96. The molecule has 2 aliphatic heterocycles. The van der Waals surface area contributed by atoms with E-state index >= 15 is 0 Å². The maximum Gasteiger partial charge on any atom is 0.254 e. The van der Waals surface area contributed by atoms with Gasteiger partial charge in [0, 0.05) is 57.2 Å². The van der Waals surface area contributed by atoms with Gasteiger partial charge in [-0.15, -0.1) is 0 Å². The highest BCUT2D eigenvalue weighted by Gasteiger charge is 2.32. The fraction of sp³-hybridized carbons (Fsp3) is 0.591. The molecule has 1 aromatic carbocycles. The van der Waals surface area contributed by atoms with E-state index < -0.39 is 0 Å². The molecular formula is C22H30FN3O3. The van der Waals surface area contributed by atoms with E-state index in [1.54, 1.807) is 24.0 Å². The average Bonchev–Trinajstić information content (AvgIpc) is 2.75. The second-order valence-corrected chi connectivity index (χ2v) is 7.99. The number of piperidine rings is 1. The van der Waals surface area contributed by atoms with Crippen LogP contribution in [0.5, 0.6) is 0 Å². The number of hydrogen-bond donors (Lipinski definition) is 0. The molecule has 0 aromatic heterocycles. The molecule has 2 aliphatic rings. The molecular weight excluding hydrogens is 373 g/mol. The highest BCUT2D eigenvalue weighted by molar-refractivity contribution is 5.94. The molecule has 0 radical (unpaired) electrons. The number of hydrogen-bond acceptors (Lipinski definition) is 3. The Morgan fingerprint density at radius 1 is 0.966 bits per heavy atom. The number of rotatable bonds is 4. The number of halogens is 1. The minimum atomic E-state index is -0.381. The van der Waals surface area contributed by atoms with Crippen molar-refractivity contribution in [1.82, 2.24) is 14.7 Å². The van der Waals surface area contributed by atoms with Crippen molar-refractivity contribution in [2.75, 3.05) is 39.3 Å². The van der Waals surface area contributed by atoms with Gasteiger partial charge >= 0.3 is 0 Å². The molecule has 0 N–H and O–H groups in total. The number of nitrogens with zero attached hydrogens (tertiary/aromatic N) is 3. The van der Waals surface area contributed by atoms with E-state index in [9.17, 15) is 18.8 Å². The minimum Gasteiger partial charge on any atom is -0.343 e. The van der Waals surface area contributed by atoms with Crippen molar-refractivity contribution in [2.45, 2.75) is 39.5 Å². The summed E-state index contributed by atoms with van der Waals surface area (Å²) in [7, 11) is 0. The van der Waals surface area contributed by atoms with Crippen LogP contribution in [0, 0.1) is 18.7 Å². The molecule has 6 nitrogen and oxygen atoms in total. The fourth-order valence-corrected chi connectivity index (χ4v) is 4.04. The van der Waals surface area contributed by atoms with E-state index in [2.05, 4.69) is 0 Å². The third kappa shape index (κ3) is 4.95. The quantitative estimate of drug-likeness (QED) is 0.776. The lowest BCUT2D eigenvalue weighted by atomic mass is 9.94. The Labute approximate surface area is 171 Å². The summed E-state index contributed by atoms with van der Waals surface area (Å²) in [4.78, 5) is 42.8. The lowest BCUT2D eigenvalue weighted by molar-refractivity contribution is -0.141. The van der Waals surface area contributed by atoms with Crippen LogP contribution in [0.4, 0.5) is 4.39 Å². The summed E-state index contributed by atoms with van der Waals surface area (Å²) in [6.07, 6.45) is 2.82. The predicted octanol–water partition coefficient (Wildman–Crippen LogP) is 2.46. The van der Waals surface area contributed by atoms with Gasteiger partial charge in [-0.25, -0.2) is 4.39 Å². The van der Waals surface area contributed by atoms with Gasteiger partial charge in [0.1, 0.15) is 5.82 Å². The Morgan fingerprint density at radius 2 is 1.59 bits per heavy atom. The van der Waals surface area contributed by atoms with Crippen LogP contribution in [0.3, 0.4) is 0 Å². The Bertz CT molecular complexity index is 767. The molecule has 3 amide bonds. The molecule has 0 saturated carbocycles. The lowest BCUT2D eigenvalue weighted by Gasteiger charge is -2.38. The van der Waals surface area contributed by atoms with Crippen molar-refractivity contribution in [1.29, 1.82) is 0 Å². The van der Waals surface area contributed by atoms with Gasteiger partial charge in [0.2, 0.25) is 11.8 Å².